The molecule has 4 rings (SSSR count). The predicted octanol–water partition coefficient (Wildman–Crippen LogP) is 4.73. The molecule has 1 heterocycles. The summed E-state index contributed by atoms with van der Waals surface area (Å²) in [6, 6.07) is 18.5. The molecule has 0 spiro atoms. The third kappa shape index (κ3) is 3.97. The van der Waals surface area contributed by atoms with E-state index in [-0.39, 0.29) is 5.97 Å². The highest BCUT2D eigenvalue weighted by Gasteiger charge is 2.62. The van der Waals surface area contributed by atoms with E-state index in [1.165, 1.54) is 31.9 Å². The molecule has 28 heavy (non-hydrogen) atoms. The summed E-state index contributed by atoms with van der Waals surface area (Å²) in [5.74, 6) is 0.977. The molecule has 0 bridgehead atoms. The Bertz CT molecular complexity index is 799. The molecule has 148 valence electrons. The van der Waals surface area contributed by atoms with Crippen LogP contribution >= 0.6 is 11.6 Å². The molecule has 2 aromatic rings. The zero-order valence-corrected chi connectivity index (χ0v) is 17.2. The van der Waals surface area contributed by atoms with Crippen molar-refractivity contribution < 1.29 is 9.53 Å². The standard InChI is InChI=1S/C24H28ClNO2/c1-28-23(27)24(20-7-9-22(25)10-8-20)16-21(24)17-26-13-11-19(12-14-26)15-18-5-3-2-4-6-18/h2-10,19,21H,11-17H2,1H3. The van der Waals surface area contributed by atoms with Crippen molar-refractivity contribution in [1.29, 1.82) is 0 Å². The molecule has 3 nitrogen and oxygen atoms in total. The maximum atomic E-state index is 12.6. The SMILES string of the molecule is COC(=O)C1(c2ccc(Cl)cc2)CC1CN1CCC(Cc2ccccc2)CC1. The molecule has 2 unspecified atom stereocenters. The Labute approximate surface area is 172 Å². The molecule has 2 atom stereocenters. The van der Waals surface area contributed by atoms with Crippen molar-refractivity contribution in [2.75, 3.05) is 26.7 Å². The summed E-state index contributed by atoms with van der Waals surface area (Å²) >= 11 is 6.03. The van der Waals surface area contributed by atoms with Crippen LogP contribution in [0.15, 0.2) is 54.6 Å². The van der Waals surface area contributed by atoms with Crippen LogP contribution in [0.3, 0.4) is 0 Å². The lowest BCUT2D eigenvalue weighted by molar-refractivity contribution is -0.144. The van der Waals surface area contributed by atoms with Crippen LogP contribution in [0.2, 0.25) is 5.02 Å². The van der Waals surface area contributed by atoms with Gasteiger partial charge in [0.2, 0.25) is 0 Å². The fraction of sp³-hybridized carbons (Fsp3) is 0.458. The topological polar surface area (TPSA) is 29.5 Å². The van der Waals surface area contributed by atoms with E-state index in [1.54, 1.807) is 0 Å². The first-order chi connectivity index (χ1) is 13.6. The van der Waals surface area contributed by atoms with Crippen LogP contribution in [0.1, 0.15) is 30.4 Å². The molecule has 1 saturated carbocycles. The van der Waals surface area contributed by atoms with Gasteiger partial charge in [0.05, 0.1) is 12.5 Å². The number of nitrogens with zero attached hydrogens (tertiary/aromatic N) is 1. The van der Waals surface area contributed by atoms with Crippen LogP contribution in [0.25, 0.3) is 0 Å². The minimum absolute atomic E-state index is 0.112. The van der Waals surface area contributed by atoms with E-state index in [1.807, 2.05) is 24.3 Å². The maximum Gasteiger partial charge on any atom is 0.316 e. The van der Waals surface area contributed by atoms with Crippen molar-refractivity contribution >= 4 is 17.6 Å². The highest BCUT2D eigenvalue weighted by molar-refractivity contribution is 6.30. The average molecular weight is 398 g/mol. The number of rotatable bonds is 6. The van der Waals surface area contributed by atoms with Crippen molar-refractivity contribution in [3.63, 3.8) is 0 Å². The van der Waals surface area contributed by atoms with Gasteiger partial charge in [-0.05, 0) is 73.9 Å². The van der Waals surface area contributed by atoms with Crippen LogP contribution in [0.4, 0.5) is 0 Å². The summed E-state index contributed by atoms with van der Waals surface area (Å²) < 4.78 is 5.17. The van der Waals surface area contributed by atoms with Crippen molar-refractivity contribution in [3.05, 3.63) is 70.7 Å². The number of carbonyl (C=O) groups excluding carboxylic acids is 1. The molecule has 4 heteroatoms. The van der Waals surface area contributed by atoms with Gasteiger partial charge in [0.25, 0.3) is 0 Å². The molecule has 1 saturated heterocycles. The van der Waals surface area contributed by atoms with E-state index in [4.69, 9.17) is 16.3 Å². The molecule has 2 aliphatic rings. The molecule has 0 N–H and O–H groups in total. The summed E-state index contributed by atoms with van der Waals surface area (Å²) in [7, 11) is 1.49. The Kier molecular flexibility index (Phi) is 5.75. The first-order valence-electron chi connectivity index (χ1n) is 10.2. The molecular formula is C24H28ClNO2. The van der Waals surface area contributed by atoms with Gasteiger partial charge >= 0.3 is 5.97 Å². The molecular weight excluding hydrogens is 370 g/mol. The van der Waals surface area contributed by atoms with Gasteiger partial charge in [-0.2, -0.15) is 0 Å². The van der Waals surface area contributed by atoms with E-state index in [2.05, 4.69) is 35.2 Å². The van der Waals surface area contributed by atoms with E-state index in [0.717, 1.165) is 37.5 Å². The second-order valence-electron chi connectivity index (χ2n) is 8.30. The number of halogens is 1. The first-order valence-corrected chi connectivity index (χ1v) is 10.6. The Balaban J connectivity index is 1.35. The fourth-order valence-corrected chi connectivity index (χ4v) is 4.96. The highest BCUT2D eigenvalue weighted by Crippen LogP contribution is 2.55. The fourth-order valence-electron chi connectivity index (χ4n) is 4.83. The lowest BCUT2D eigenvalue weighted by Gasteiger charge is -2.32. The molecule has 1 aliphatic heterocycles. The van der Waals surface area contributed by atoms with Gasteiger partial charge in [0.15, 0.2) is 0 Å². The van der Waals surface area contributed by atoms with Gasteiger partial charge < -0.3 is 9.64 Å². The minimum Gasteiger partial charge on any atom is -0.468 e. The smallest absolute Gasteiger partial charge is 0.316 e. The van der Waals surface area contributed by atoms with E-state index >= 15 is 0 Å². The molecule has 1 aliphatic carbocycles. The maximum absolute atomic E-state index is 12.6. The van der Waals surface area contributed by atoms with Gasteiger partial charge in [0, 0.05) is 11.6 Å². The Morgan fingerprint density at radius 3 is 2.43 bits per heavy atom. The Hall–Kier alpha value is -1.84. The number of hydrogen-bond acceptors (Lipinski definition) is 3. The van der Waals surface area contributed by atoms with Gasteiger partial charge in [-0.15, -0.1) is 0 Å². The number of esters is 1. The van der Waals surface area contributed by atoms with Crippen LogP contribution in [0, 0.1) is 11.8 Å². The normalized spacial score (nSPS) is 25.4. The molecule has 0 radical (unpaired) electrons. The number of ether oxygens (including phenoxy) is 1. The number of benzene rings is 2. The number of hydrogen-bond donors (Lipinski definition) is 0. The van der Waals surface area contributed by atoms with Crippen molar-refractivity contribution in [3.8, 4) is 0 Å². The summed E-state index contributed by atoms with van der Waals surface area (Å²) in [5.41, 5.74) is 1.99. The average Bonchev–Trinajstić information content (AvgIpc) is 3.45. The van der Waals surface area contributed by atoms with Crippen molar-refractivity contribution in [2.24, 2.45) is 11.8 Å². The second kappa shape index (κ2) is 8.26. The summed E-state index contributed by atoms with van der Waals surface area (Å²) in [6.45, 7) is 3.20. The Morgan fingerprint density at radius 1 is 1.11 bits per heavy atom. The van der Waals surface area contributed by atoms with Gasteiger partial charge in [0.1, 0.15) is 0 Å². The molecule has 2 aromatic carbocycles. The third-order valence-corrected chi connectivity index (χ3v) is 6.82. The van der Waals surface area contributed by atoms with Crippen LogP contribution in [0.5, 0.6) is 0 Å². The van der Waals surface area contributed by atoms with Gasteiger partial charge in [-0.25, -0.2) is 0 Å². The van der Waals surface area contributed by atoms with Crippen LogP contribution < -0.4 is 0 Å². The number of carbonyl (C=O) groups is 1. The lowest BCUT2D eigenvalue weighted by atomic mass is 9.89. The molecule has 0 amide bonds. The Morgan fingerprint density at radius 2 is 1.79 bits per heavy atom. The molecule has 2 fully saturated rings. The summed E-state index contributed by atoms with van der Waals surface area (Å²) in [5, 5.41) is 0.696. The van der Waals surface area contributed by atoms with Crippen molar-refractivity contribution in [2.45, 2.75) is 31.1 Å². The number of likely N-dealkylation sites (tertiary alicyclic amines) is 1. The zero-order chi connectivity index (χ0) is 19.6. The minimum atomic E-state index is -0.486. The lowest BCUT2D eigenvalue weighted by Crippen LogP contribution is -2.37. The third-order valence-electron chi connectivity index (χ3n) is 6.57. The summed E-state index contributed by atoms with van der Waals surface area (Å²) in [4.78, 5) is 15.1. The van der Waals surface area contributed by atoms with Crippen molar-refractivity contribution in [1.82, 2.24) is 4.90 Å². The van der Waals surface area contributed by atoms with Gasteiger partial charge in [-0.3, -0.25) is 4.79 Å². The monoisotopic (exact) mass is 397 g/mol. The molecule has 0 aromatic heterocycles. The van der Waals surface area contributed by atoms with Crippen LogP contribution in [-0.2, 0) is 21.4 Å². The van der Waals surface area contributed by atoms with E-state index < -0.39 is 5.41 Å². The highest BCUT2D eigenvalue weighted by atomic mass is 35.5. The summed E-state index contributed by atoms with van der Waals surface area (Å²) in [6.07, 6.45) is 4.50. The second-order valence-corrected chi connectivity index (χ2v) is 8.74. The van der Waals surface area contributed by atoms with E-state index in [9.17, 15) is 4.79 Å². The van der Waals surface area contributed by atoms with Gasteiger partial charge in [-0.1, -0.05) is 54.1 Å². The van der Waals surface area contributed by atoms with E-state index in [0.29, 0.717) is 10.9 Å². The number of piperidine rings is 1. The largest absolute Gasteiger partial charge is 0.468 e. The quantitative estimate of drug-likeness (QED) is 0.660. The zero-order valence-electron chi connectivity index (χ0n) is 16.4. The number of methoxy groups -OCH3 is 1. The first kappa shape index (κ1) is 19.5. The van der Waals surface area contributed by atoms with Crippen LogP contribution in [-0.4, -0.2) is 37.6 Å². The predicted molar refractivity (Wildman–Crippen MR) is 113 cm³/mol.